The van der Waals surface area contributed by atoms with Gasteiger partial charge in [-0.25, -0.2) is 0 Å². The number of methoxy groups -OCH3 is 1. The maximum absolute atomic E-state index is 10.6. The zero-order valence-corrected chi connectivity index (χ0v) is 9.41. The predicted molar refractivity (Wildman–Crippen MR) is 56.2 cm³/mol. The molecule has 0 aliphatic heterocycles. The molecule has 1 rings (SSSR count). The standard InChI is InChI=1S/C10H11BrO3/c1-13-7-14-6-9-4-2-3-8(5-12)10(9)11/h2-5H,6-7H2,1H3. The van der Waals surface area contributed by atoms with Gasteiger partial charge in [-0.2, -0.15) is 0 Å². The average Bonchev–Trinajstić information content (AvgIpc) is 2.21. The molecule has 0 aliphatic rings. The van der Waals surface area contributed by atoms with E-state index in [1.807, 2.05) is 12.1 Å². The number of rotatable bonds is 5. The molecule has 0 heterocycles. The Hall–Kier alpha value is -0.710. The Kier molecular flexibility index (Phi) is 4.79. The van der Waals surface area contributed by atoms with Crippen molar-refractivity contribution >= 4 is 22.2 Å². The molecule has 4 heteroatoms. The molecule has 0 saturated heterocycles. The lowest BCUT2D eigenvalue weighted by Gasteiger charge is -2.06. The first-order valence-electron chi connectivity index (χ1n) is 4.09. The van der Waals surface area contributed by atoms with Crippen LogP contribution in [0.15, 0.2) is 22.7 Å². The summed E-state index contributed by atoms with van der Waals surface area (Å²) in [6, 6.07) is 5.46. The third-order valence-corrected chi connectivity index (χ3v) is 2.66. The van der Waals surface area contributed by atoms with Crippen LogP contribution in [0.2, 0.25) is 0 Å². The third kappa shape index (κ3) is 2.90. The maximum atomic E-state index is 10.6. The summed E-state index contributed by atoms with van der Waals surface area (Å²) < 4.78 is 10.7. The van der Waals surface area contributed by atoms with Crippen LogP contribution in [0.1, 0.15) is 15.9 Å². The molecule has 1 aromatic rings. The Bertz CT molecular complexity index is 312. The number of carbonyl (C=O) groups excluding carboxylic acids is 1. The van der Waals surface area contributed by atoms with Crippen molar-refractivity contribution in [3.05, 3.63) is 33.8 Å². The van der Waals surface area contributed by atoms with Gasteiger partial charge in [0.15, 0.2) is 6.29 Å². The van der Waals surface area contributed by atoms with Crippen LogP contribution < -0.4 is 0 Å². The molecule has 0 amide bonds. The Balaban J connectivity index is 2.71. The van der Waals surface area contributed by atoms with E-state index in [-0.39, 0.29) is 6.79 Å². The Morgan fingerprint density at radius 2 is 2.29 bits per heavy atom. The van der Waals surface area contributed by atoms with Crippen molar-refractivity contribution in [2.75, 3.05) is 13.9 Å². The van der Waals surface area contributed by atoms with E-state index >= 15 is 0 Å². The summed E-state index contributed by atoms with van der Waals surface area (Å²) in [6.45, 7) is 0.674. The summed E-state index contributed by atoms with van der Waals surface area (Å²) in [5.74, 6) is 0. The highest BCUT2D eigenvalue weighted by Gasteiger charge is 2.04. The summed E-state index contributed by atoms with van der Waals surface area (Å²) in [7, 11) is 1.57. The first kappa shape index (κ1) is 11.4. The second kappa shape index (κ2) is 5.90. The highest BCUT2D eigenvalue weighted by Crippen LogP contribution is 2.21. The van der Waals surface area contributed by atoms with Crippen molar-refractivity contribution in [2.24, 2.45) is 0 Å². The van der Waals surface area contributed by atoms with Crippen LogP contribution in [0.25, 0.3) is 0 Å². The molecule has 0 radical (unpaired) electrons. The van der Waals surface area contributed by atoms with Crippen molar-refractivity contribution in [3.63, 3.8) is 0 Å². The number of halogens is 1. The fraction of sp³-hybridized carbons (Fsp3) is 0.300. The number of ether oxygens (including phenoxy) is 2. The molecular weight excluding hydrogens is 248 g/mol. The molecule has 3 nitrogen and oxygen atoms in total. The molecule has 0 N–H and O–H groups in total. The minimum absolute atomic E-state index is 0.248. The van der Waals surface area contributed by atoms with Gasteiger partial charge in [0.25, 0.3) is 0 Å². The minimum atomic E-state index is 0.248. The van der Waals surface area contributed by atoms with Gasteiger partial charge in [0.1, 0.15) is 6.79 Å². The van der Waals surface area contributed by atoms with Crippen LogP contribution >= 0.6 is 15.9 Å². The van der Waals surface area contributed by atoms with Gasteiger partial charge in [-0.05, 0) is 21.5 Å². The van der Waals surface area contributed by atoms with Crippen LogP contribution in [0, 0.1) is 0 Å². The van der Waals surface area contributed by atoms with Crippen molar-refractivity contribution in [2.45, 2.75) is 6.61 Å². The Labute approximate surface area is 91.1 Å². The van der Waals surface area contributed by atoms with Crippen molar-refractivity contribution in [3.8, 4) is 0 Å². The van der Waals surface area contributed by atoms with E-state index in [0.717, 1.165) is 16.3 Å². The first-order valence-corrected chi connectivity index (χ1v) is 4.88. The number of carbonyl (C=O) groups is 1. The summed E-state index contributed by atoms with van der Waals surface area (Å²) >= 11 is 3.34. The molecule has 0 unspecified atom stereocenters. The molecular formula is C10H11BrO3. The zero-order valence-electron chi connectivity index (χ0n) is 7.83. The van der Waals surface area contributed by atoms with E-state index < -0.39 is 0 Å². The molecule has 0 bridgehead atoms. The number of benzene rings is 1. The fourth-order valence-corrected chi connectivity index (χ4v) is 1.51. The normalized spacial score (nSPS) is 10.1. The Morgan fingerprint density at radius 1 is 1.50 bits per heavy atom. The second-order valence-corrected chi connectivity index (χ2v) is 3.49. The fourth-order valence-electron chi connectivity index (χ4n) is 1.04. The smallest absolute Gasteiger partial charge is 0.151 e. The van der Waals surface area contributed by atoms with E-state index in [0.29, 0.717) is 12.2 Å². The van der Waals surface area contributed by atoms with Gasteiger partial charge in [-0.15, -0.1) is 0 Å². The minimum Gasteiger partial charge on any atom is -0.359 e. The maximum Gasteiger partial charge on any atom is 0.151 e. The summed E-state index contributed by atoms with van der Waals surface area (Å²) in [5.41, 5.74) is 1.56. The summed E-state index contributed by atoms with van der Waals surface area (Å²) in [6.07, 6.45) is 0.809. The van der Waals surface area contributed by atoms with Gasteiger partial charge in [-0.3, -0.25) is 4.79 Å². The van der Waals surface area contributed by atoms with Gasteiger partial charge in [0.2, 0.25) is 0 Å². The van der Waals surface area contributed by atoms with Crippen LogP contribution in [0.5, 0.6) is 0 Å². The van der Waals surface area contributed by atoms with Gasteiger partial charge >= 0.3 is 0 Å². The molecule has 0 aliphatic carbocycles. The van der Waals surface area contributed by atoms with Gasteiger partial charge in [0, 0.05) is 17.1 Å². The second-order valence-electron chi connectivity index (χ2n) is 2.69. The number of hydrogen-bond acceptors (Lipinski definition) is 3. The van der Waals surface area contributed by atoms with Gasteiger partial charge < -0.3 is 9.47 Å². The van der Waals surface area contributed by atoms with Crippen molar-refractivity contribution < 1.29 is 14.3 Å². The zero-order chi connectivity index (χ0) is 10.4. The van der Waals surface area contributed by atoms with Crippen LogP contribution in [0.4, 0.5) is 0 Å². The topological polar surface area (TPSA) is 35.5 Å². The molecule has 14 heavy (non-hydrogen) atoms. The van der Waals surface area contributed by atoms with Crippen LogP contribution in [-0.2, 0) is 16.1 Å². The van der Waals surface area contributed by atoms with Crippen molar-refractivity contribution in [1.82, 2.24) is 0 Å². The molecule has 1 aromatic carbocycles. The number of aldehydes is 1. The summed E-state index contributed by atoms with van der Waals surface area (Å²) in [4.78, 5) is 10.6. The van der Waals surface area contributed by atoms with Crippen LogP contribution in [0.3, 0.4) is 0 Å². The molecule has 0 saturated carbocycles. The lowest BCUT2D eigenvalue weighted by Crippen LogP contribution is -1.98. The molecule has 0 atom stereocenters. The third-order valence-electron chi connectivity index (χ3n) is 1.69. The first-order chi connectivity index (χ1) is 6.79. The van der Waals surface area contributed by atoms with E-state index in [1.54, 1.807) is 13.2 Å². The highest BCUT2D eigenvalue weighted by atomic mass is 79.9. The molecule has 0 spiro atoms. The molecule has 76 valence electrons. The lowest BCUT2D eigenvalue weighted by atomic mass is 10.1. The van der Waals surface area contributed by atoms with Gasteiger partial charge in [0.05, 0.1) is 6.61 Å². The SMILES string of the molecule is COCOCc1cccc(C=O)c1Br. The average molecular weight is 259 g/mol. The van der Waals surface area contributed by atoms with Crippen molar-refractivity contribution in [1.29, 1.82) is 0 Å². The molecule has 0 aromatic heterocycles. The van der Waals surface area contributed by atoms with E-state index in [1.165, 1.54) is 0 Å². The largest absolute Gasteiger partial charge is 0.359 e. The van der Waals surface area contributed by atoms with Crippen LogP contribution in [-0.4, -0.2) is 20.2 Å². The lowest BCUT2D eigenvalue weighted by molar-refractivity contribution is -0.0392. The van der Waals surface area contributed by atoms with E-state index in [9.17, 15) is 4.79 Å². The monoisotopic (exact) mass is 258 g/mol. The highest BCUT2D eigenvalue weighted by molar-refractivity contribution is 9.10. The van der Waals surface area contributed by atoms with E-state index in [4.69, 9.17) is 9.47 Å². The molecule has 0 fully saturated rings. The van der Waals surface area contributed by atoms with E-state index in [2.05, 4.69) is 15.9 Å². The quantitative estimate of drug-likeness (QED) is 0.462. The summed E-state index contributed by atoms with van der Waals surface area (Å²) in [5, 5.41) is 0. The number of hydrogen-bond donors (Lipinski definition) is 0. The Morgan fingerprint density at radius 3 is 2.93 bits per heavy atom. The van der Waals surface area contributed by atoms with Gasteiger partial charge in [-0.1, -0.05) is 18.2 Å². The predicted octanol–water partition coefficient (Wildman–Crippen LogP) is 2.38.